The van der Waals surface area contributed by atoms with Gasteiger partial charge in [-0.2, -0.15) is 8.42 Å². The maximum Gasteiger partial charge on any atom is 0.522 e. The van der Waals surface area contributed by atoms with Gasteiger partial charge in [-0.05, 0) is 17.7 Å². The summed E-state index contributed by atoms with van der Waals surface area (Å²) in [5, 5.41) is 17.8. The number of hydrogen-bond donors (Lipinski definition) is 3. The maximum absolute atomic E-state index is 12.1. The van der Waals surface area contributed by atoms with Gasteiger partial charge in [-0.1, -0.05) is 30.3 Å². The van der Waals surface area contributed by atoms with E-state index in [2.05, 4.69) is 16.8 Å². The van der Waals surface area contributed by atoms with E-state index in [-0.39, 0.29) is 21.6 Å². The average Bonchev–Trinajstić information content (AvgIpc) is 2.45. The van der Waals surface area contributed by atoms with Crippen LogP contribution in [0.15, 0.2) is 52.3 Å². The highest BCUT2D eigenvalue weighted by atomic mass is 32.2. The molecule has 0 unspecified atom stereocenters. The SMILES string of the molecule is O=C(O)OS(=O)(=O)c1c(S)cccc1-c1ccccc1C(=O)O. The van der Waals surface area contributed by atoms with Gasteiger partial charge in [0.25, 0.3) is 0 Å². The molecule has 0 heterocycles. The molecule has 9 heteroatoms. The lowest BCUT2D eigenvalue weighted by Crippen LogP contribution is -2.13. The second kappa shape index (κ2) is 6.31. The molecule has 0 amide bonds. The lowest BCUT2D eigenvalue weighted by molar-refractivity contribution is 0.0697. The van der Waals surface area contributed by atoms with Crippen molar-refractivity contribution in [3.05, 3.63) is 48.0 Å². The van der Waals surface area contributed by atoms with Gasteiger partial charge in [0.2, 0.25) is 0 Å². The number of carbonyl (C=O) groups is 2. The minimum atomic E-state index is -4.68. The molecule has 2 rings (SSSR count). The number of aromatic carboxylic acids is 1. The zero-order valence-electron chi connectivity index (χ0n) is 11.3. The van der Waals surface area contributed by atoms with Gasteiger partial charge in [0.1, 0.15) is 4.90 Å². The molecule has 0 atom stereocenters. The Morgan fingerprint density at radius 1 is 0.957 bits per heavy atom. The smallest absolute Gasteiger partial charge is 0.478 e. The summed E-state index contributed by atoms with van der Waals surface area (Å²) in [5.74, 6) is -1.26. The minimum Gasteiger partial charge on any atom is -0.478 e. The van der Waals surface area contributed by atoms with Crippen LogP contribution < -0.4 is 0 Å². The van der Waals surface area contributed by atoms with E-state index in [4.69, 9.17) is 5.11 Å². The normalized spacial score (nSPS) is 11.0. The van der Waals surface area contributed by atoms with E-state index >= 15 is 0 Å². The number of carboxylic acid groups (broad SMARTS) is 2. The first kappa shape index (κ1) is 16.8. The largest absolute Gasteiger partial charge is 0.522 e. The molecule has 2 aromatic rings. The molecule has 0 saturated heterocycles. The quantitative estimate of drug-likeness (QED) is 0.570. The Morgan fingerprint density at radius 2 is 1.57 bits per heavy atom. The van der Waals surface area contributed by atoms with Gasteiger partial charge in [-0.3, -0.25) is 0 Å². The molecule has 120 valence electrons. The third-order valence-electron chi connectivity index (χ3n) is 2.87. The van der Waals surface area contributed by atoms with E-state index < -0.39 is 27.1 Å². The number of carboxylic acids is 1. The van der Waals surface area contributed by atoms with Crippen molar-refractivity contribution in [1.29, 1.82) is 0 Å². The fourth-order valence-corrected chi connectivity index (χ4v) is 3.62. The molecule has 0 aliphatic rings. The maximum atomic E-state index is 12.1. The molecule has 0 aliphatic heterocycles. The third kappa shape index (κ3) is 3.46. The Kier molecular flexibility index (Phi) is 4.62. The number of rotatable bonds is 4. The van der Waals surface area contributed by atoms with Gasteiger partial charge in [0, 0.05) is 10.5 Å². The molecular formula is C14H10O7S2. The third-order valence-corrected chi connectivity index (χ3v) is 4.70. The molecule has 0 saturated carbocycles. The van der Waals surface area contributed by atoms with Crippen LogP contribution in [0.3, 0.4) is 0 Å². The Morgan fingerprint density at radius 3 is 2.17 bits per heavy atom. The Labute approximate surface area is 136 Å². The van der Waals surface area contributed by atoms with Crippen molar-refractivity contribution < 1.29 is 32.4 Å². The summed E-state index contributed by atoms with van der Waals surface area (Å²) < 4.78 is 28.2. The van der Waals surface area contributed by atoms with E-state index in [1.54, 1.807) is 0 Å². The Bertz CT molecular complexity index is 888. The molecule has 0 fully saturated rings. The fraction of sp³-hybridized carbons (Fsp3) is 0. The van der Waals surface area contributed by atoms with E-state index in [1.165, 1.54) is 42.5 Å². The summed E-state index contributed by atoms with van der Waals surface area (Å²) in [5.41, 5.74) is -0.0570. The summed E-state index contributed by atoms with van der Waals surface area (Å²) in [6.45, 7) is 0. The molecule has 0 aromatic heterocycles. The summed E-state index contributed by atoms with van der Waals surface area (Å²) in [6, 6.07) is 9.87. The predicted molar refractivity (Wildman–Crippen MR) is 82.4 cm³/mol. The van der Waals surface area contributed by atoms with E-state index in [1.807, 2.05) is 0 Å². The standard InChI is InChI=1S/C14H10O7S2/c15-13(16)10-5-2-1-4-8(10)9-6-3-7-11(22)12(9)23(19,20)21-14(17)18/h1-7,22H,(H,15,16)(H,17,18). The monoisotopic (exact) mass is 354 g/mol. The molecule has 0 aliphatic carbocycles. The highest BCUT2D eigenvalue weighted by Crippen LogP contribution is 2.35. The molecule has 23 heavy (non-hydrogen) atoms. The van der Waals surface area contributed by atoms with Crippen LogP contribution in [0.5, 0.6) is 0 Å². The van der Waals surface area contributed by atoms with Crippen molar-refractivity contribution >= 4 is 34.9 Å². The lowest BCUT2D eigenvalue weighted by Gasteiger charge is -2.13. The first-order valence-corrected chi connectivity index (χ1v) is 7.91. The molecule has 0 spiro atoms. The number of thiol groups is 1. The fourth-order valence-electron chi connectivity index (χ4n) is 2.04. The highest BCUT2D eigenvalue weighted by molar-refractivity contribution is 7.88. The Balaban J connectivity index is 2.79. The first-order chi connectivity index (χ1) is 10.7. The van der Waals surface area contributed by atoms with Gasteiger partial charge in [0.05, 0.1) is 5.56 Å². The molecular weight excluding hydrogens is 344 g/mol. The van der Waals surface area contributed by atoms with E-state index in [0.717, 1.165) is 0 Å². The average molecular weight is 354 g/mol. The Hall–Kier alpha value is -2.52. The van der Waals surface area contributed by atoms with Crippen molar-refractivity contribution in [2.45, 2.75) is 9.79 Å². The molecule has 2 N–H and O–H groups in total. The molecule has 0 radical (unpaired) electrons. The van der Waals surface area contributed by atoms with Crippen LogP contribution in [0.1, 0.15) is 10.4 Å². The summed E-state index contributed by atoms with van der Waals surface area (Å²) in [4.78, 5) is 21.3. The second-order valence-electron chi connectivity index (χ2n) is 4.31. The summed E-state index contributed by atoms with van der Waals surface area (Å²) >= 11 is 4.02. The van der Waals surface area contributed by atoms with Gasteiger partial charge < -0.3 is 14.4 Å². The van der Waals surface area contributed by atoms with Crippen molar-refractivity contribution in [1.82, 2.24) is 0 Å². The van der Waals surface area contributed by atoms with Crippen LogP contribution in [-0.4, -0.2) is 30.8 Å². The number of hydrogen-bond acceptors (Lipinski definition) is 6. The first-order valence-electron chi connectivity index (χ1n) is 6.06. The highest BCUT2D eigenvalue weighted by Gasteiger charge is 2.28. The van der Waals surface area contributed by atoms with Gasteiger partial charge in [0.15, 0.2) is 0 Å². The van der Waals surface area contributed by atoms with Crippen LogP contribution in [0, 0.1) is 0 Å². The van der Waals surface area contributed by atoms with E-state index in [0.29, 0.717) is 0 Å². The van der Waals surface area contributed by atoms with Crippen molar-refractivity contribution in [3.63, 3.8) is 0 Å². The molecule has 2 aromatic carbocycles. The van der Waals surface area contributed by atoms with Crippen LogP contribution in [0.25, 0.3) is 11.1 Å². The zero-order chi connectivity index (χ0) is 17.2. The summed E-state index contributed by atoms with van der Waals surface area (Å²) in [6.07, 6.45) is -2.00. The van der Waals surface area contributed by atoms with Crippen molar-refractivity contribution in [3.8, 4) is 11.1 Å². The zero-order valence-corrected chi connectivity index (χ0v) is 13.0. The van der Waals surface area contributed by atoms with Crippen molar-refractivity contribution in [2.24, 2.45) is 0 Å². The minimum absolute atomic E-state index is 0.0169. The van der Waals surface area contributed by atoms with Gasteiger partial charge >= 0.3 is 22.2 Å². The molecule has 0 bridgehead atoms. The van der Waals surface area contributed by atoms with Crippen LogP contribution in [-0.2, 0) is 14.3 Å². The summed E-state index contributed by atoms with van der Waals surface area (Å²) in [7, 11) is -4.68. The predicted octanol–water partition coefficient (Wildman–Crippen LogP) is 2.72. The topological polar surface area (TPSA) is 118 Å². The second-order valence-corrected chi connectivity index (χ2v) is 6.27. The number of benzene rings is 2. The van der Waals surface area contributed by atoms with Gasteiger partial charge in [-0.25, -0.2) is 9.59 Å². The van der Waals surface area contributed by atoms with Crippen LogP contribution in [0.4, 0.5) is 4.79 Å². The lowest BCUT2D eigenvalue weighted by atomic mass is 10.00. The van der Waals surface area contributed by atoms with Crippen LogP contribution >= 0.6 is 12.6 Å². The van der Waals surface area contributed by atoms with E-state index in [9.17, 15) is 23.1 Å². The van der Waals surface area contributed by atoms with Crippen molar-refractivity contribution in [2.75, 3.05) is 0 Å². The van der Waals surface area contributed by atoms with Gasteiger partial charge in [-0.15, -0.1) is 12.6 Å². The molecule has 7 nitrogen and oxygen atoms in total. The van der Waals surface area contributed by atoms with Crippen LogP contribution in [0.2, 0.25) is 0 Å².